The van der Waals surface area contributed by atoms with Crippen LogP contribution in [0, 0.1) is 0 Å². The molecule has 106 valence electrons. The number of carbonyl (C=O) groups is 1. The molecule has 0 aliphatic rings. The Kier molecular flexibility index (Phi) is 7.91. The van der Waals surface area contributed by atoms with Crippen molar-refractivity contribution in [2.24, 2.45) is 0 Å². The van der Waals surface area contributed by atoms with Crippen LogP contribution in [-0.2, 0) is 4.79 Å². The Balaban J connectivity index is 2.20. The number of carbonyl (C=O) groups excluding carboxylic acids is 1. The molecule has 0 saturated carbocycles. The second-order valence-electron chi connectivity index (χ2n) is 4.26. The molecular formula is C14H19BrClNO2. The van der Waals surface area contributed by atoms with Crippen LogP contribution in [0.5, 0.6) is 5.75 Å². The second-order valence-corrected chi connectivity index (χ2v) is 5.56. The number of likely N-dealkylation sites (N-methyl/N-ethyl adjacent to an activating group) is 1. The monoisotopic (exact) mass is 347 g/mol. The first-order valence-corrected chi connectivity index (χ1v) is 7.64. The maximum absolute atomic E-state index is 11.7. The highest BCUT2D eigenvalue weighted by atomic mass is 79.9. The molecule has 0 atom stereocenters. The maximum atomic E-state index is 11.7. The van der Waals surface area contributed by atoms with Gasteiger partial charge in [-0.15, -0.1) is 11.6 Å². The van der Waals surface area contributed by atoms with Crippen LogP contribution in [0.4, 0.5) is 0 Å². The normalized spacial score (nSPS) is 10.3. The number of alkyl halides is 1. The SMILES string of the molecule is CN(CCOc1ccc(Br)cc1)C(=O)CCCCCl. The Morgan fingerprint density at radius 1 is 1.32 bits per heavy atom. The first-order chi connectivity index (χ1) is 9.13. The first kappa shape index (κ1) is 16.3. The van der Waals surface area contributed by atoms with Crippen LogP contribution in [0.2, 0.25) is 0 Å². The lowest BCUT2D eigenvalue weighted by atomic mass is 10.2. The van der Waals surface area contributed by atoms with Crippen LogP contribution >= 0.6 is 27.5 Å². The van der Waals surface area contributed by atoms with E-state index >= 15 is 0 Å². The number of ether oxygens (including phenoxy) is 1. The van der Waals surface area contributed by atoms with E-state index in [1.54, 1.807) is 11.9 Å². The fourth-order valence-corrected chi connectivity index (χ4v) is 1.97. The molecule has 0 bridgehead atoms. The summed E-state index contributed by atoms with van der Waals surface area (Å²) in [6.07, 6.45) is 2.29. The minimum atomic E-state index is 0.143. The van der Waals surface area contributed by atoms with E-state index in [4.69, 9.17) is 16.3 Å². The number of unbranched alkanes of at least 4 members (excludes halogenated alkanes) is 1. The van der Waals surface area contributed by atoms with E-state index in [2.05, 4.69) is 15.9 Å². The lowest BCUT2D eigenvalue weighted by molar-refractivity contribution is -0.130. The number of amides is 1. The van der Waals surface area contributed by atoms with Gasteiger partial charge in [0.15, 0.2) is 0 Å². The van der Waals surface area contributed by atoms with Crippen molar-refractivity contribution in [1.29, 1.82) is 0 Å². The van der Waals surface area contributed by atoms with Crippen molar-refractivity contribution in [3.8, 4) is 5.75 Å². The van der Waals surface area contributed by atoms with E-state index in [0.717, 1.165) is 23.1 Å². The second kappa shape index (κ2) is 9.21. The average molecular weight is 349 g/mol. The average Bonchev–Trinajstić information content (AvgIpc) is 2.41. The molecule has 0 aromatic heterocycles. The molecule has 3 nitrogen and oxygen atoms in total. The van der Waals surface area contributed by atoms with Crippen LogP contribution in [0.15, 0.2) is 28.7 Å². The Bertz CT molecular complexity index is 384. The summed E-state index contributed by atoms with van der Waals surface area (Å²) < 4.78 is 6.59. The smallest absolute Gasteiger partial charge is 0.222 e. The van der Waals surface area contributed by atoms with Crippen molar-refractivity contribution < 1.29 is 9.53 Å². The number of hydrogen-bond acceptors (Lipinski definition) is 2. The standard InChI is InChI=1S/C14H19BrClNO2/c1-17(14(18)4-2-3-9-16)10-11-19-13-7-5-12(15)6-8-13/h5-8H,2-4,9-11H2,1H3. The first-order valence-electron chi connectivity index (χ1n) is 6.32. The highest BCUT2D eigenvalue weighted by Gasteiger charge is 2.07. The van der Waals surface area contributed by atoms with Gasteiger partial charge in [0.2, 0.25) is 5.91 Å². The van der Waals surface area contributed by atoms with Crippen molar-refractivity contribution in [2.45, 2.75) is 19.3 Å². The molecule has 0 heterocycles. The van der Waals surface area contributed by atoms with Crippen LogP contribution in [0.1, 0.15) is 19.3 Å². The van der Waals surface area contributed by atoms with Crippen LogP contribution in [0.25, 0.3) is 0 Å². The molecule has 19 heavy (non-hydrogen) atoms. The summed E-state index contributed by atoms with van der Waals surface area (Å²) in [5.74, 6) is 1.57. The molecule has 0 fully saturated rings. The Hall–Kier alpha value is -0.740. The Morgan fingerprint density at radius 2 is 2.00 bits per heavy atom. The quantitative estimate of drug-likeness (QED) is 0.529. The summed E-state index contributed by atoms with van der Waals surface area (Å²) in [5.41, 5.74) is 0. The Labute approximate surface area is 128 Å². The minimum absolute atomic E-state index is 0.143. The third kappa shape index (κ3) is 6.83. The lowest BCUT2D eigenvalue weighted by Gasteiger charge is -2.17. The summed E-state index contributed by atoms with van der Waals surface area (Å²) in [5, 5.41) is 0. The molecule has 1 aromatic rings. The van der Waals surface area contributed by atoms with Crippen molar-refractivity contribution >= 4 is 33.4 Å². The molecule has 0 N–H and O–H groups in total. The highest BCUT2D eigenvalue weighted by Crippen LogP contribution is 2.15. The number of halogens is 2. The number of rotatable bonds is 8. The van der Waals surface area contributed by atoms with Crippen LogP contribution in [-0.4, -0.2) is 36.9 Å². The molecular weight excluding hydrogens is 330 g/mol. The van der Waals surface area contributed by atoms with Gasteiger partial charge >= 0.3 is 0 Å². The molecule has 0 spiro atoms. The fraction of sp³-hybridized carbons (Fsp3) is 0.500. The molecule has 0 saturated heterocycles. The Morgan fingerprint density at radius 3 is 2.63 bits per heavy atom. The third-order valence-corrected chi connectivity index (χ3v) is 3.51. The largest absolute Gasteiger partial charge is 0.492 e. The molecule has 1 aromatic carbocycles. The van der Waals surface area contributed by atoms with Gasteiger partial charge in [0.1, 0.15) is 12.4 Å². The fourth-order valence-electron chi connectivity index (χ4n) is 1.52. The predicted octanol–water partition coefficient (Wildman–Crippen LogP) is 3.70. The molecule has 1 rings (SSSR count). The van der Waals surface area contributed by atoms with Gasteiger partial charge in [-0.2, -0.15) is 0 Å². The molecule has 1 amide bonds. The topological polar surface area (TPSA) is 29.5 Å². The van der Waals surface area contributed by atoms with E-state index in [1.165, 1.54) is 0 Å². The third-order valence-electron chi connectivity index (χ3n) is 2.71. The number of nitrogens with zero attached hydrogens (tertiary/aromatic N) is 1. The summed E-state index contributed by atoms with van der Waals surface area (Å²) in [7, 11) is 1.80. The molecule has 0 aliphatic carbocycles. The van der Waals surface area contributed by atoms with Gasteiger partial charge in [-0.3, -0.25) is 4.79 Å². The van der Waals surface area contributed by atoms with Crippen molar-refractivity contribution in [3.63, 3.8) is 0 Å². The van der Waals surface area contributed by atoms with E-state index in [1.807, 2.05) is 24.3 Å². The van der Waals surface area contributed by atoms with Crippen molar-refractivity contribution in [3.05, 3.63) is 28.7 Å². The van der Waals surface area contributed by atoms with Crippen LogP contribution in [0.3, 0.4) is 0 Å². The summed E-state index contributed by atoms with van der Waals surface area (Å²) >= 11 is 8.95. The lowest BCUT2D eigenvalue weighted by Crippen LogP contribution is -2.30. The molecule has 0 radical (unpaired) electrons. The van der Waals surface area contributed by atoms with Gasteiger partial charge in [-0.05, 0) is 37.1 Å². The van der Waals surface area contributed by atoms with Crippen molar-refractivity contribution in [1.82, 2.24) is 4.90 Å². The summed E-state index contributed by atoms with van der Waals surface area (Å²) in [4.78, 5) is 13.4. The zero-order valence-electron chi connectivity index (χ0n) is 11.1. The highest BCUT2D eigenvalue weighted by molar-refractivity contribution is 9.10. The maximum Gasteiger partial charge on any atom is 0.222 e. The minimum Gasteiger partial charge on any atom is -0.492 e. The van der Waals surface area contributed by atoms with Gasteiger partial charge in [0.05, 0.1) is 6.54 Å². The van der Waals surface area contributed by atoms with Crippen LogP contribution < -0.4 is 4.74 Å². The number of hydrogen-bond donors (Lipinski definition) is 0. The van der Waals surface area contributed by atoms with Gasteiger partial charge in [0.25, 0.3) is 0 Å². The van der Waals surface area contributed by atoms with Gasteiger partial charge in [0, 0.05) is 23.8 Å². The molecule has 5 heteroatoms. The predicted molar refractivity (Wildman–Crippen MR) is 81.8 cm³/mol. The zero-order valence-corrected chi connectivity index (χ0v) is 13.4. The number of benzene rings is 1. The van der Waals surface area contributed by atoms with E-state index in [9.17, 15) is 4.79 Å². The summed E-state index contributed by atoms with van der Waals surface area (Å²) in [6, 6.07) is 7.64. The van der Waals surface area contributed by atoms with Crippen molar-refractivity contribution in [2.75, 3.05) is 26.1 Å². The molecule has 0 unspecified atom stereocenters. The van der Waals surface area contributed by atoms with Gasteiger partial charge in [-0.1, -0.05) is 15.9 Å². The van der Waals surface area contributed by atoms with Gasteiger partial charge < -0.3 is 9.64 Å². The zero-order chi connectivity index (χ0) is 14.1. The summed E-state index contributed by atoms with van der Waals surface area (Å²) in [6.45, 7) is 1.09. The van der Waals surface area contributed by atoms with E-state index < -0.39 is 0 Å². The van der Waals surface area contributed by atoms with E-state index in [0.29, 0.717) is 25.5 Å². The van der Waals surface area contributed by atoms with Gasteiger partial charge in [-0.25, -0.2) is 0 Å². The van der Waals surface area contributed by atoms with E-state index in [-0.39, 0.29) is 5.91 Å². The molecule has 0 aliphatic heterocycles.